The molecule has 3 aromatic rings. The molecule has 0 aliphatic carbocycles. The van der Waals surface area contributed by atoms with Gasteiger partial charge in [0, 0.05) is 12.1 Å². The van der Waals surface area contributed by atoms with Gasteiger partial charge < -0.3 is 9.32 Å². The van der Waals surface area contributed by atoms with E-state index in [1.807, 2.05) is 6.07 Å². The largest absolute Gasteiger partial charge is 0.444 e. The van der Waals surface area contributed by atoms with Gasteiger partial charge in [-0.2, -0.15) is 0 Å². The highest BCUT2D eigenvalue weighted by Gasteiger charge is 2.11. The summed E-state index contributed by atoms with van der Waals surface area (Å²) >= 11 is 0. The van der Waals surface area contributed by atoms with E-state index in [1.165, 1.54) is 23.6 Å². The molecule has 0 spiro atoms. The van der Waals surface area contributed by atoms with E-state index in [4.69, 9.17) is 4.42 Å². The lowest BCUT2D eigenvalue weighted by Gasteiger charge is -2.13. The Balaban J connectivity index is 1.83. The molecule has 0 aliphatic heterocycles. The van der Waals surface area contributed by atoms with Gasteiger partial charge in [-0.1, -0.05) is 49.7 Å². The maximum Gasteiger partial charge on any atom is 0.226 e. The quantitative estimate of drug-likeness (QED) is 0.658. The van der Waals surface area contributed by atoms with E-state index in [0.717, 1.165) is 24.3 Å². The molecule has 1 aromatic heterocycles. The number of hydrogen-bond donors (Lipinski definition) is 0. The van der Waals surface area contributed by atoms with Crippen molar-refractivity contribution in [3.8, 4) is 11.5 Å². The smallest absolute Gasteiger partial charge is 0.226 e. The molecule has 3 heteroatoms. The molecular formula is C19H22N2O. The lowest BCUT2D eigenvalue weighted by molar-refractivity contribution is 0.316. The summed E-state index contributed by atoms with van der Waals surface area (Å²) in [5.41, 5.74) is 2.04. The molecule has 2 aromatic carbocycles. The van der Waals surface area contributed by atoms with E-state index in [9.17, 15) is 0 Å². The van der Waals surface area contributed by atoms with Gasteiger partial charge in [-0.05, 0) is 36.9 Å². The number of unbranched alkanes of at least 4 members (excludes halogenated alkanes) is 1. The summed E-state index contributed by atoms with van der Waals surface area (Å²) in [6, 6.07) is 14.6. The highest BCUT2D eigenvalue weighted by Crippen LogP contribution is 2.28. The molecule has 0 fully saturated rings. The minimum atomic E-state index is 0.704. The molecule has 0 aliphatic rings. The van der Waals surface area contributed by atoms with Crippen molar-refractivity contribution in [2.75, 3.05) is 13.6 Å². The number of oxazole rings is 1. The second-order valence-electron chi connectivity index (χ2n) is 5.76. The van der Waals surface area contributed by atoms with Crippen molar-refractivity contribution in [2.24, 2.45) is 0 Å². The average Bonchev–Trinajstić information content (AvgIpc) is 3.00. The number of aromatic nitrogens is 1. The Labute approximate surface area is 131 Å². The Bertz CT molecular complexity index is 743. The fourth-order valence-corrected chi connectivity index (χ4v) is 2.70. The molecule has 3 nitrogen and oxygen atoms in total. The molecule has 0 unspecified atom stereocenters. The Morgan fingerprint density at radius 2 is 1.91 bits per heavy atom. The van der Waals surface area contributed by atoms with Gasteiger partial charge in [0.05, 0.1) is 5.69 Å². The molecule has 0 radical (unpaired) electrons. The SMILES string of the molecule is CCCCN(C)Cc1coc(-c2cccc3ccccc23)n1. The van der Waals surface area contributed by atoms with Gasteiger partial charge in [0.25, 0.3) is 0 Å². The fraction of sp³-hybridized carbons (Fsp3) is 0.316. The van der Waals surface area contributed by atoms with Crippen LogP contribution in [0.15, 0.2) is 53.1 Å². The maximum atomic E-state index is 5.73. The topological polar surface area (TPSA) is 29.3 Å². The predicted molar refractivity (Wildman–Crippen MR) is 90.7 cm³/mol. The van der Waals surface area contributed by atoms with Crippen LogP contribution >= 0.6 is 0 Å². The first-order valence-electron chi connectivity index (χ1n) is 7.89. The third-order valence-corrected chi connectivity index (χ3v) is 3.90. The number of rotatable bonds is 6. The van der Waals surface area contributed by atoms with E-state index < -0.39 is 0 Å². The molecule has 22 heavy (non-hydrogen) atoms. The standard InChI is InChI=1S/C19H22N2O/c1-3-4-12-21(2)13-16-14-22-19(20-16)18-11-7-9-15-8-5-6-10-17(15)18/h5-11,14H,3-4,12-13H2,1-2H3. The maximum absolute atomic E-state index is 5.73. The van der Waals surface area contributed by atoms with Crippen LogP contribution in [0.25, 0.3) is 22.2 Å². The molecule has 0 N–H and O–H groups in total. The van der Waals surface area contributed by atoms with Crippen LogP contribution in [-0.4, -0.2) is 23.5 Å². The van der Waals surface area contributed by atoms with Crippen LogP contribution in [0.4, 0.5) is 0 Å². The highest BCUT2D eigenvalue weighted by molar-refractivity contribution is 5.94. The summed E-state index contributed by atoms with van der Waals surface area (Å²) in [5.74, 6) is 0.704. The molecule has 0 bridgehead atoms. The van der Waals surface area contributed by atoms with Gasteiger partial charge >= 0.3 is 0 Å². The summed E-state index contributed by atoms with van der Waals surface area (Å²) in [6.45, 7) is 4.13. The van der Waals surface area contributed by atoms with E-state index in [1.54, 1.807) is 6.26 Å². The second-order valence-corrected chi connectivity index (χ2v) is 5.76. The minimum absolute atomic E-state index is 0.704. The number of benzene rings is 2. The zero-order chi connectivity index (χ0) is 15.4. The zero-order valence-corrected chi connectivity index (χ0v) is 13.2. The van der Waals surface area contributed by atoms with Crippen LogP contribution in [0.3, 0.4) is 0 Å². The van der Waals surface area contributed by atoms with Crippen molar-refractivity contribution in [1.29, 1.82) is 0 Å². The molecular weight excluding hydrogens is 272 g/mol. The van der Waals surface area contributed by atoms with E-state index >= 15 is 0 Å². The first-order valence-corrected chi connectivity index (χ1v) is 7.89. The third-order valence-electron chi connectivity index (χ3n) is 3.90. The fourth-order valence-electron chi connectivity index (χ4n) is 2.70. The van der Waals surface area contributed by atoms with Crippen LogP contribution in [0.5, 0.6) is 0 Å². The average molecular weight is 294 g/mol. The summed E-state index contributed by atoms with van der Waals surface area (Å²) < 4.78 is 5.73. The van der Waals surface area contributed by atoms with Crippen LogP contribution in [0.2, 0.25) is 0 Å². The van der Waals surface area contributed by atoms with Gasteiger partial charge in [-0.15, -0.1) is 0 Å². The van der Waals surface area contributed by atoms with Crippen molar-refractivity contribution in [1.82, 2.24) is 9.88 Å². The number of fused-ring (bicyclic) bond motifs is 1. The lowest BCUT2D eigenvalue weighted by atomic mass is 10.0. The van der Waals surface area contributed by atoms with Gasteiger partial charge in [0.1, 0.15) is 6.26 Å². The van der Waals surface area contributed by atoms with E-state index in [0.29, 0.717) is 5.89 Å². The zero-order valence-electron chi connectivity index (χ0n) is 13.2. The monoisotopic (exact) mass is 294 g/mol. The Kier molecular flexibility index (Phi) is 4.54. The molecule has 114 valence electrons. The molecule has 0 atom stereocenters. The van der Waals surface area contributed by atoms with Crippen molar-refractivity contribution >= 4 is 10.8 Å². The Hall–Kier alpha value is -2.13. The summed E-state index contributed by atoms with van der Waals surface area (Å²) in [7, 11) is 2.13. The predicted octanol–water partition coefficient (Wildman–Crippen LogP) is 4.73. The van der Waals surface area contributed by atoms with Gasteiger partial charge in [-0.25, -0.2) is 4.98 Å². The Morgan fingerprint density at radius 1 is 1.09 bits per heavy atom. The van der Waals surface area contributed by atoms with Crippen LogP contribution in [0, 0.1) is 0 Å². The van der Waals surface area contributed by atoms with E-state index in [-0.39, 0.29) is 0 Å². The number of nitrogens with zero attached hydrogens (tertiary/aromatic N) is 2. The van der Waals surface area contributed by atoms with E-state index in [2.05, 4.69) is 60.3 Å². The molecule has 3 rings (SSSR count). The summed E-state index contributed by atoms with van der Waals surface area (Å²) in [4.78, 5) is 6.96. The lowest BCUT2D eigenvalue weighted by Crippen LogP contribution is -2.19. The van der Waals surface area contributed by atoms with Gasteiger partial charge in [-0.3, -0.25) is 0 Å². The first kappa shape index (κ1) is 14.8. The molecule has 0 saturated carbocycles. The normalized spacial score (nSPS) is 11.4. The van der Waals surface area contributed by atoms with Crippen LogP contribution in [-0.2, 0) is 6.54 Å². The third kappa shape index (κ3) is 3.20. The first-order chi connectivity index (χ1) is 10.8. The van der Waals surface area contributed by atoms with Gasteiger partial charge in [0.15, 0.2) is 0 Å². The van der Waals surface area contributed by atoms with Crippen molar-refractivity contribution in [3.05, 3.63) is 54.4 Å². The second kappa shape index (κ2) is 6.75. The number of hydrogen-bond acceptors (Lipinski definition) is 3. The molecule has 0 amide bonds. The van der Waals surface area contributed by atoms with Crippen LogP contribution < -0.4 is 0 Å². The van der Waals surface area contributed by atoms with Gasteiger partial charge in [0.2, 0.25) is 5.89 Å². The van der Waals surface area contributed by atoms with Crippen molar-refractivity contribution in [3.63, 3.8) is 0 Å². The van der Waals surface area contributed by atoms with Crippen molar-refractivity contribution in [2.45, 2.75) is 26.3 Å². The summed E-state index contributed by atoms with van der Waals surface area (Å²) in [6.07, 6.45) is 4.20. The minimum Gasteiger partial charge on any atom is -0.444 e. The van der Waals surface area contributed by atoms with Crippen molar-refractivity contribution < 1.29 is 4.42 Å². The Morgan fingerprint density at radius 3 is 2.77 bits per heavy atom. The summed E-state index contributed by atoms with van der Waals surface area (Å²) in [5, 5.41) is 2.39. The highest BCUT2D eigenvalue weighted by atomic mass is 16.3. The molecule has 1 heterocycles. The van der Waals surface area contributed by atoms with Crippen LogP contribution in [0.1, 0.15) is 25.5 Å². The molecule has 0 saturated heterocycles.